The van der Waals surface area contributed by atoms with Gasteiger partial charge in [-0.05, 0) is 171 Å². The van der Waals surface area contributed by atoms with Gasteiger partial charge in [0.2, 0.25) is 11.8 Å². The zero-order chi connectivity index (χ0) is 66.1. The van der Waals surface area contributed by atoms with Crippen LogP contribution in [0.3, 0.4) is 0 Å². The van der Waals surface area contributed by atoms with E-state index in [0.29, 0.717) is 11.8 Å². The minimum Gasteiger partial charge on any atom is -0.438 e. The molecule has 0 radical (unpaired) electrons. The molecule has 15 rings (SSSR count). The summed E-state index contributed by atoms with van der Waals surface area (Å²) >= 11 is 2.09. The average Bonchev–Trinajstić information content (AvgIpc) is 1.65. The summed E-state index contributed by atoms with van der Waals surface area (Å²) in [6, 6.07) is 99.8. The van der Waals surface area contributed by atoms with Crippen molar-refractivity contribution in [3.8, 4) is 34.4 Å². The summed E-state index contributed by atoms with van der Waals surface area (Å²) < 4.78 is 24.5. The molecule has 6 aromatic heterocycles. The summed E-state index contributed by atoms with van der Waals surface area (Å²) in [5.41, 5.74) is 3.98. The third-order valence-electron chi connectivity index (χ3n) is 15.2. The van der Waals surface area contributed by atoms with Gasteiger partial charge in [-0.15, -0.1) is 0 Å². The van der Waals surface area contributed by atoms with Crippen LogP contribution in [0.25, 0.3) is 33.2 Å². The number of ether oxygens (including phenoxy) is 2. The number of H-pyrrole nitrogens is 2. The van der Waals surface area contributed by atoms with Gasteiger partial charge in [-0.1, -0.05) is 218 Å². The van der Waals surface area contributed by atoms with Crippen LogP contribution in [0.2, 0.25) is 0 Å². The zero-order valence-corrected chi connectivity index (χ0v) is 59.5. The molecule has 0 amide bonds. The fourth-order valence-corrected chi connectivity index (χ4v) is 14.9. The van der Waals surface area contributed by atoms with Crippen molar-refractivity contribution < 1.29 is 34.7 Å². The number of pyridine rings is 4. The largest absolute Gasteiger partial charge is 0.438 e. The third-order valence-corrected chi connectivity index (χ3v) is 20.9. The first-order valence-corrected chi connectivity index (χ1v) is 38.2. The number of nitrogens with zero attached hydrogens (tertiary/aromatic N) is 4. The Kier molecular flexibility index (Phi) is 26.1. The van der Waals surface area contributed by atoms with Crippen molar-refractivity contribution in [3.05, 3.63) is 332 Å². The van der Waals surface area contributed by atoms with E-state index in [-0.39, 0.29) is 34.3 Å². The molecule has 1 fully saturated rings. The summed E-state index contributed by atoms with van der Waals surface area (Å²) in [5, 5.41) is 10.5. The van der Waals surface area contributed by atoms with Gasteiger partial charge in [0.05, 0.1) is 14.8 Å². The molecule has 14 aromatic rings. The molecule has 0 atom stereocenters. The molecule has 0 unspecified atom stereocenters. The normalized spacial score (nSPS) is 12.5. The van der Waals surface area contributed by atoms with Crippen LogP contribution < -0.4 is 46.8 Å². The third kappa shape index (κ3) is 19.7. The Balaban J connectivity index is 0.000000129. The maximum Gasteiger partial charge on any atom is 0.227 e. The molecule has 2 N–H and O–H groups in total. The summed E-state index contributed by atoms with van der Waals surface area (Å²) in [6.07, 6.45) is 10.8. The van der Waals surface area contributed by atoms with E-state index in [2.05, 4.69) is 274 Å². The minimum absolute atomic E-state index is 0.106. The molecule has 1 saturated heterocycles. The molecule has 0 spiro atoms. The van der Waals surface area contributed by atoms with E-state index in [1.165, 1.54) is 31.8 Å². The quantitative estimate of drug-likeness (QED) is 0.0705. The molecule has 0 bridgehead atoms. The number of hydrogen-bond acceptors (Lipinski definition) is 8. The standard InChI is InChI=1S/C18H13N3O.2C18H15P.C13H17BN2O2.C11H8INO.2ClH.Pd/c1-2-5-15(6-3-1)22-18-16(7-4-9-20-18)14-11-13-8-10-19-17(13)21-12-14;2*1-4-10-16(11-5-1)19(17-12-6-2-7-13-17)18-14-8-3-9-15-18;1-12(2)13(3,4)18-14(17-12)10-7-9-5-6-15-11(9)16-8-10;12-10-7-4-8-13-11(10)14-9-5-2-1-3-6-9;;;/h1-12H,(H,19,21);2*1-15H;5-8H,1-4H3,(H,15,16);1-8H;2*1H;/q;;;;;;;+2/p-2. The smallest absolute Gasteiger partial charge is 0.227 e. The van der Waals surface area contributed by atoms with Gasteiger partial charge in [0, 0.05) is 64.5 Å². The topological polar surface area (TPSA) is 120 Å². The predicted molar refractivity (Wildman–Crippen MR) is 403 cm³/mol. The Labute approximate surface area is 588 Å². The molecule has 0 aliphatic carbocycles. The van der Waals surface area contributed by atoms with Gasteiger partial charge in [0.25, 0.3) is 0 Å². The monoisotopic (exact) mass is 1530 g/mol. The zero-order valence-electron chi connectivity index (χ0n) is 52.5. The van der Waals surface area contributed by atoms with Crippen LogP contribution in [-0.2, 0) is 25.2 Å². The van der Waals surface area contributed by atoms with E-state index in [0.717, 1.165) is 53.7 Å². The molecular weight excluding hydrogens is 1460 g/mol. The molecule has 0 saturated carbocycles. The van der Waals surface area contributed by atoms with E-state index < -0.39 is 15.8 Å². The van der Waals surface area contributed by atoms with Crippen molar-refractivity contribution in [2.24, 2.45) is 0 Å². The number of fused-ring (bicyclic) bond motifs is 2. The van der Waals surface area contributed by atoms with Crippen LogP contribution in [0.15, 0.2) is 328 Å². The summed E-state index contributed by atoms with van der Waals surface area (Å²) in [4.78, 5) is 23.5. The van der Waals surface area contributed by atoms with E-state index in [1.807, 2.05) is 116 Å². The van der Waals surface area contributed by atoms with Crippen LogP contribution in [0, 0.1) is 3.57 Å². The average molecular weight is 1530 g/mol. The van der Waals surface area contributed by atoms with Crippen LogP contribution in [0.1, 0.15) is 27.7 Å². The predicted octanol–water partition coefficient (Wildman–Crippen LogP) is 18.0. The van der Waals surface area contributed by atoms with Crippen molar-refractivity contribution in [2.75, 3.05) is 0 Å². The molecule has 1 aliphatic heterocycles. The minimum atomic E-state index is -0.446. The van der Waals surface area contributed by atoms with E-state index >= 15 is 0 Å². The number of aromatic amines is 2. The van der Waals surface area contributed by atoms with Gasteiger partial charge in [-0.25, -0.2) is 19.9 Å². The molecule has 10 nitrogen and oxygen atoms in total. The Morgan fingerprint density at radius 3 is 1.14 bits per heavy atom. The number of benzene rings is 8. The number of aromatic nitrogens is 6. The van der Waals surface area contributed by atoms with Crippen LogP contribution in [0.4, 0.5) is 0 Å². The van der Waals surface area contributed by atoms with Crippen molar-refractivity contribution >= 4 is 124 Å². The Hall–Kier alpha value is -8.14. The maximum absolute atomic E-state index is 6.00. The second kappa shape index (κ2) is 35.6. The number of nitrogens with one attached hydrogen (secondary N) is 2. The Bertz CT molecular complexity index is 4230. The number of rotatable bonds is 12. The van der Waals surface area contributed by atoms with Gasteiger partial charge in [0.15, 0.2) is 0 Å². The first kappa shape index (κ1) is 69.7. The molecule has 7 heterocycles. The first-order chi connectivity index (χ1) is 46.5. The molecular formula is C78H68BCl2IN6O4P2Pd. The van der Waals surface area contributed by atoms with Crippen LogP contribution in [0.5, 0.6) is 23.3 Å². The molecule has 478 valence electrons. The van der Waals surface area contributed by atoms with Crippen LogP contribution in [-0.4, -0.2) is 48.2 Å². The SMILES string of the molecule is CC1(C)OB(c2cnc3[nH]ccc3c2)OC1(C)C.Ic1cccnc1Oc1ccccc1.[Cl][Pd][Cl].c1ccc(Oc2ncccc2-c2cnc3[nH]ccc3c2)cc1.c1ccc(P(c2ccccc2)c2ccccc2)cc1.c1ccc(P(c2ccccc2)c2ccccc2)cc1. The van der Waals surface area contributed by atoms with Crippen molar-refractivity contribution in [3.63, 3.8) is 0 Å². The maximum atomic E-state index is 6.00. The van der Waals surface area contributed by atoms with Crippen molar-refractivity contribution in [1.82, 2.24) is 29.9 Å². The van der Waals surface area contributed by atoms with E-state index in [4.69, 9.17) is 37.8 Å². The molecule has 95 heavy (non-hydrogen) atoms. The van der Waals surface area contributed by atoms with Gasteiger partial charge < -0.3 is 28.8 Å². The fourth-order valence-electron chi connectivity index (χ4n) is 9.85. The second-order valence-electron chi connectivity index (χ2n) is 22.1. The first-order valence-electron chi connectivity index (χ1n) is 30.4. The number of halogens is 3. The van der Waals surface area contributed by atoms with E-state index in [1.54, 1.807) is 18.6 Å². The summed E-state index contributed by atoms with van der Waals surface area (Å²) in [5.74, 6) is 2.80. The van der Waals surface area contributed by atoms with Gasteiger partial charge >= 0.3 is 42.1 Å². The van der Waals surface area contributed by atoms with E-state index in [9.17, 15) is 0 Å². The summed E-state index contributed by atoms with van der Waals surface area (Å²) in [7, 11) is 8.39. The molecule has 1 aliphatic rings. The van der Waals surface area contributed by atoms with Gasteiger partial charge in [-0.2, -0.15) is 0 Å². The number of hydrogen-bond donors (Lipinski definition) is 2. The van der Waals surface area contributed by atoms with Gasteiger partial charge in [-0.3, -0.25) is 0 Å². The fraction of sp³-hybridized carbons (Fsp3) is 0.0769. The van der Waals surface area contributed by atoms with Crippen molar-refractivity contribution in [1.29, 1.82) is 0 Å². The number of para-hydroxylation sites is 2. The molecule has 8 aromatic carbocycles. The van der Waals surface area contributed by atoms with Gasteiger partial charge in [0.1, 0.15) is 22.8 Å². The Morgan fingerprint density at radius 1 is 0.411 bits per heavy atom. The second-order valence-corrected chi connectivity index (χ2v) is 30.1. The molecule has 17 heteroatoms. The summed E-state index contributed by atoms with van der Waals surface area (Å²) in [6.45, 7) is 8.20. The Morgan fingerprint density at radius 2 is 0.747 bits per heavy atom. The van der Waals surface area contributed by atoms with Crippen LogP contribution >= 0.6 is 57.5 Å². The van der Waals surface area contributed by atoms with Crippen molar-refractivity contribution in [2.45, 2.75) is 38.9 Å².